The van der Waals surface area contributed by atoms with Gasteiger partial charge in [-0.15, -0.1) is 0 Å². The van der Waals surface area contributed by atoms with Crippen LogP contribution in [0.3, 0.4) is 0 Å². The van der Waals surface area contributed by atoms with Gasteiger partial charge in [0.15, 0.2) is 9.84 Å². The zero-order valence-electron chi connectivity index (χ0n) is 9.12. The summed E-state index contributed by atoms with van der Waals surface area (Å²) in [5.74, 6) is -1.38. The fourth-order valence-corrected chi connectivity index (χ4v) is 3.52. The summed E-state index contributed by atoms with van der Waals surface area (Å²) >= 11 is 0. The van der Waals surface area contributed by atoms with Crippen LogP contribution in [0, 0.1) is 11.6 Å². The van der Waals surface area contributed by atoms with E-state index >= 15 is 0 Å². The average Bonchev–Trinajstić information content (AvgIpc) is 2.37. The van der Waals surface area contributed by atoms with Crippen molar-refractivity contribution in [3.63, 3.8) is 0 Å². The molecule has 1 aliphatic rings. The average molecular weight is 261 g/mol. The molecule has 0 aromatic heterocycles. The second kappa shape index (κ2) is 4.70. The standard InChI is InChI=1S/C11H13F2NO2S/c12-9-4-8(5-10(13)6-9)11-7-17(15,16)3-1-2-14-11/h4-6,11,14H,1-3,7H2. The molecule has 17 heavy (non-hydrogen) atoms. The predicted molar refractivity (Wildman–Crippen MR) is 60.4 cm³/mol. The minimum atomic E-state index is -3.15. The Balaban J connectivity index is 2.31. The Bertz CT molecular complexity index is 496. The number of rotatable bonds is 1. The molecule has 1 aliphatic heterocycles. The molecule has 0 bridgehead atoms. The van der Waals surface area contributed by atoms with E-state index in [1.807, 2.05) is 0 Å². The summed E-state index contributed by atoms with van der Waals surface area (Å²) in [5, 5.41) is 3.00. The number of sulfone groups is 1. The molecule has 0 amide bonds. The fraction of sp³-hybridized carbons (Fsp3) is 0.455. The maximum atomic E-state index is 13.1. The van der Waals surface area contributed by atoms with Crippen LogP contribution in [0.2, 0.25) is 0 Å². The summed E-state index contributed by atoms with van der Waals surface area (Å²) in [6.07, 6.45) is 0.524. The van der Waals surface area contributed by atoms with Crippen molar-refractivity contribution in [2.75, 3.05) is 18.1 Å². The van der Waals surface area contributed by atoms with Gasteiger partial charge in [-0.2, -0.15) is 0 Å². The van der Waals surface area contributed by atoms with Gasteiger partial charge in [-0.25, -0.2) is 17.2 Å². The van der Waals surface area contributed by atoms with Gasteiger partial charge in [0.25, 0.3) is 0 Å². The van der Waals surface area contributed by atoms with E-state index in [2.05, 4.69) is 5.32 Å². The number of benzene rings is 1. The lowest BCUT2D eigenvalue weighted by molar-refractivity contribution is 0.547. The maximum Gasteiger partial charge on any atom is 0.152 e. The lowest BCUT2D eigenvalue weighted by Gasteiger charge is -2.15. The predicted octanol–water partition coefficient (Wildman–Crippen LogP) is 1.41. The quantitative estimate of drug-likeness (QED) is 0.831. The van der Waals surface area contributed by atoms with E-state index in [1.165, 1.54) is 12.1 Å². The van der Waals surface area contributed by atoms with Crippen molar-refractivity contribution < 1.29 is 17.2 Å². The second-order valence-electron chi connectivity index (χ2n) is 4.18. The SMILES string of the molecule is O=S1(=O)CCCNC(c2cc(F)cc(F)c2)C1. The molecule has 0 spiro atoms. The first-order valence-corrected chi connectivity index (χ1v) is 7.18. The van der Waals surface area contributed by atoms with E-state index in [4.69, 9.17) is 0 Å². The summed E-state index contributed by atoms with van der Waals surface area (Å²) < 4.78 is 49.3. The molecular weight excluding hydrogens is 248 g/mol. The van der Waals surface area contributed by atoms with Gasteiger partial charge >= 0.3 is 0 Å². The van der Waals surface area contributed by atoms with Crippen LogP contribution in [0.1, 0.15) is 18.0 Å². The summed E-state index contributed by atoms with van der Waals surface area (Å²) in [6.45, 7) is 0.530. The first-order chi connectivity index (χ1) is 7.96. The zero-order valence-corrected chi connectivity index (χ0v) is 9.93. The molecule has 1 aromatic rings. The Kier molecular flexibility index (Phi) is 3.44. The molecule has 1 unspecified atom stereocenters. The largest absolute Gasteiger partial charge is 0.309 e. The zero-order chi connectivity index (χ0) is 12.5. The number of nitrogens with one attached hydrogen (secondary N) is 1. The monoisotopic (exact) mass is 261 g/mol. The molecule has 2 rings (SSSR count). The van der Waals surface area contributed by atoms with E-state index in [9.17, 15) is 17.2 Å². The van der Waals surface area contributed by atoms with Gasteiger partial charge in [-0.05, 0) is 30.7 Å². The summed E-state index contributed by atoms with van der Waals surface area (Å²) in [5.41, 5.74) is 0.341. The van der Waals surface area contributed by atoms with Crippen LogP contribution < -0.4 is 5.32 Å². The van der Waals surface area contributed by atoms with E-state index in [0.717, 1.165) is 6.07 Å². The Morgan fingerprint density at radius 1 is 1.18 bits per heavy atom. The van der Waals surface area contributed by atoms with Crippen LogP contribution in [-0.4, -0.2) is 26.5 Å². The highest BCUT2D eigenvalue weighted by Crippen LogP contribution is 2.20. The minimum absolute atomic E-state index is 0.115. The van der Waals surface area contributed by atoms with Crippen LogP contribution in [0.15, 0.2) is 18.2 Å². The Labute approximate surface area is 98.8 Å². The third-order valence-electron chi connectivity index (χ3n) is 2.73. The van der Waals surface area contributed by atoms with Crippen molar-refractivity contribution in [2.24, 2.45) is 0 Å². The molecular formula is C11H13F2NO2S. The fourth-order valence-electron chi connectivity index (χ4n) is 1.95. The van der Waals surface area contributed by atoms with Crippen LogP contribution in [0.25, 0.3) is 0 Å². The third kappa shape index (κ3) is 3.23. The van der Waals surface area contributed by atoms with Crippen LogP contribution in [-0.2, 0) is 9.84 Å². The van der Waals surface area contributed by atoms with Crippen LogP contribution >= 0.6 is 0 Å². The molecule has 1 fully saturated rings. The van der Waals surface area contributed by atoms with E-state index in [0.29, 0.717) is 18.5 Å². The van der Waals surface area contributed by atoms with Gasteiger partial charge < -0.3 is 5.32 Å². The molecule has 1 N–H and O–H groups in total. The highest BCUT2D eigenvalue weighted by molar-refractivity contribution is 7.91. The van der Waals surface area contributed by atoms with Crippen LogP contribution in [0.5, 0.6) is 0 Å². The highest BCUT2D eigenvalue weighted by Gasteiger charge is 2.24. The maximum absolute atomic E-state index is 13.1. The molecule has 0 saturated carbocycles. The Morgan fingerprint density at radius 2 is 1.82 bits per heavy atom. The van der Waals surface area contributed by atoms with Crippen molar-refractivity contribution in [2.45, 2.75) is 12.5 Å². The molecule has 1 saturated heterocycles. The lowest BCUT2D eigenvalue weighted by Crippen LogP contribution is -2.25. The lowest BCUT2D eigenvalue weighted by atomic mass is 10.1. The van der Waals surface area contributed by atoms with Crippen molar-refractivity contribution in [3.8, 4) is 0 Å². The van der Waals surface area contributed by atoms with Crippen LogP contribution in [0.4, 0.5) is 8.78 Å². The molecule has 0 radical (unpaired) electrons. The Hall–Kier alpha value is -1.01. The van der Waals surface area contributed by atoms with Crippen molar-refractivity contribution in [1.82, 2.24) is 5.32 Å². The van der Waals surface area contributed by atoms with Gasteiger partial charge in [0.1, 0.15) is 11.6 Å². The van der Waals surface area contributed by atoms with Gasteiger partial charge in [-0.1, -0.05) is 0 Å². The van der Waals surface area contributed by atoms with Gasteiger partial charge in [-0.3, -0.25) is 0 Å². The molecule has 1 aromatic carbocycles. The van der Waals surface area contributed by atoms with Crippen molar-refractivity contribution >= 4 is 9.84 Å². The molecule has 1 heterocycles. The molecule has 3 nitrogen and oxygen atoms in total. The number of hydrogen-bond acceptors (Lipinski definition) is 3. The summed E-state index contributed by atoms with van der Waals surface area (Å²) in [6, 6.07) is 2.57. The Morgan fingerprint density at radius 3 is 2.47 bits per heavy atom. The van der Waals surface area contributed by atoms with Crippen molar-refractivity contribution in [3.05, 3.63) is 35.4 Å². The molecule has 6 heteroatoms. The second-order valence-corrected chi connectivity index (χ2v) is 6.41. The van der Waals surface area contributed by atoms with Gasteiger partial charge in [0.2, 0.25) is 0 Å². The van der Waals surface area contributed by atoms with E-state index in [-0.39, 0.29) is 11.5 Å². The van der Waals surface area contributed by atoms with Gasteiger partial charge in [0.05, 0.1) is 11.5 Å². The van der Waals surface area contributed by atoms with E-state index in [1.54, 1.807) is 0 Å². The first kappa shape index (κ1) is 12.4. The van der Waals surface area contributed by atoms with Gasteiger partial charge in [0, 0.05) is 12.1 Å². The van der Waals surface area contributed by atoms with Crippen molar-refractivity contribution in [1.29, 1.82) is 0 Å². The summed E-state index contributed by atoms with van der Waals surface area (Å²) in [4.78, 5) is 0. The molecule has 1 atom stereocenters. The highest BCUT2D eigenvalue weighted by atomic mass is 32.2. The smallest absolute Gasteiger partial charge is 0.152 e. The molecule has 0 aliphatic carbocycles. The normalized spacial score (nSPS) is 24.2. The topological polar surface area (TPSA) is 46.2 Å². The minimum Gasteiger partial charge on any atom is -0.309 e. The summed E-state index contributed by atoms with van der Waals surface area (Å²) in [7, 11) is -3.15. The van der Waals surface area contributed by atoms with E-state index < -0.39 is 27.5 Å². The number of hydrogen-bond donors (Lipinski definition) is 1. The number of halogens is 2. The first-order valence-electron chi connectivity index (χ1n) is 5.36. The molecule has 94 valence electrons. The third-order valence-corrected chi connectivity index (χ3v) is 4.48.